The smallest absolute Gasteiger partial charge is 0.241 e. The van der Waals surface area contributed by atoms with Crippen LogP contribution in [-0.2, 0) is 10.0 Å². The van der Waals surface area contributed by atoms with Crippen molar-refractivity contribution in [1.82, 2.24) is 4.72 Å². The van der Waals surface area contributed by atoms with Crippen molar-refractivity contribution in [1.29, 1.82) is 0 Å². The lowest BCUT2D eigenvalue weighted by molar-refractivity contribution is 0.564. The molecule has 0 spiro atoms. The molecule has 0 aromatic heterocycles. The number of halogens is 1. The average molecular weight is 301 g/mol. The molecule has 1 rings (SSSR count). The van der Waals surface area contributed by atoms with E-state index < -0.39 is 16.1 Å². The number of nitrogen functional groups attached to an aromatic ring is 1. The Morgan fingerprint density at radius 3 is 2.63 bits per heavy atom. The van der Waals surface area contributed by atoms with Gasteiger partial charge < -0.3 is 5.73 Å². The zero-order valence-corrected chi connectivity index (χ0v) is 12.5. The molecule has 0 aliphatic heterocycles. The zero-order chi connectivity index (χ0) is 14.6. The Morgan fingerprint density at radius 1 is 1.53 bits per heavy atom. The van der Waals surface area contributed by atoms with Crippen LogP contribution in [0.1, 0.15) is 25.3 Å². The van der Waals surface area contributed by atoms with Gasteiger partial charge in [-0.1, -0.05) is 30.9 Å². The standard InChI is InChI=1S/C13H17ClN2O2S/c1-4-6-10(5-2)16-19(17,18)11-7-9(3)13(14)12(15)8-11/h2,7-8,10,16H,4,6,15H2,1,3H3. The molecule has 4 nitrogen and oxygen atoms in total. The predicted octanol–water partition coefficient (Wildman–Crippen LogP) is 2.31. The van der Waals surface area contributed by atoms with Gasteiger partial charge in [-0.2, -0.15) is 4.72 Å². The van der Waals surface area contributed by atoms with Gasteiger partial charge in [-0.05, 0) is 31.0 Å². The molecule has 0 aliphatic carbocycles. The number of anilines is 1. The van der Waals surface area contributed by atoms with E-state index in [0.29, 0.717) is 17.0 Å². The third kappa shape index (κ3) is 3.87. The van der Waals surface area contributed by atoms with Crippen molar-refractivity contribution in [3.63, 3.8) is 0 Å². The van der Waals surface area contributed by atoms with Crippen LogP contribution in [0.25, 0.3) is 0 Å². The van der Waals surface area contributed by atoms with Gasteiger partial charge in [0.15, 0.2) is 0 Å². The summed E-state index contributed by atoms with van der Waals surface area (Å²) < 4.78 is 26.8. The van der Waals surface area contributed by atoms with Crippen molar-refractivity contribution in [2.24, 2.45) is 0 Å². The first-order valence-corrected chi connectivity index (χ1v) is 7.72. The molecule has 0 heterocycles. The van der Waals surface area contributed by atoms with Crippen molar-refractivity contribution < 1.29 is 8.42 Å². The molecule has 1 aromatic rings. The normalized spacial score (nSPS) is 12.9. The molecular formula is C13H17ClN2O2S. The number of nitrogens with two attached hydrogens (primary N) is 1. The van der Waals surface area contributed by atoms with Gasteiger partial charge in [-0.15, -0.1) is 6.42 Å². The summed E-state index contributed by atoms with van der Waals surface area (Å²) in [5.41, 5.74) is 6.51. The zero-order valence-electron chi connectivity index (χ0n) is 10.9. The summed E-state index contributed by atoms with van der Waals surface area (Å²) in [5.74, 6) is 2.42. The molecule has 0 fully saturated rings. The minimum Gasteiger partial charge on any atom is -0.397 e. The van der Waals surface area contributed by atoms with E-state index in [2.05, 4.69) is 10.6 Å². The summed E-state index contributed by atoms with van der Waals surface area (Å²) >= 11 is 5.91. The van der Waals surface area contributed by atoms with E-state index in [-0.39, 0.29) is 10.6 Å². The summed E-state index contributed by atoms with van der Waals surface area (Å²) in [4.78, 5) is 0.0725. The molecular weight excluding hydrogens is 284 g/mol. The molecule has 1 atom stereocenters. The first-order valence-electron chi connectivity index (χ1n) is 5.86. The second-order valence-corrected chi connectivity index (χ2v) is 6.36. The minimum absolute atomic E-state index is 0.0725. The number of benzene rings is 1. The largest absolute Gasteiger partial charge is 0.397 e. The third-order valence-corrected chi connectivity index (χ3v) is 4.61. The van der Waals surface area contributed by atoms with E-state index in [1.54, 1.807) is 6.92 Å². The summed E-state index contributed by atoms with van der Waals surface area (Å²) in [5, 5.41) is 0.362. The number of nitrogens with one attached hydrogen (secondary N) is 1. The fourth-order valence-corrected chi connectivity index (χ4v) is 3.06. The lowest BCUT2D eigenvalue weighted by Crippen LogP contribution is -2.33. The van der Waals surface area contributed by atoms with Crippen molar-refractivity contribution >= 4 is 27.3 Å². The van der Waals surface area contributed by atoms with Crippen LogP contribution in [0.15, 0.2) is 17.0 Å². The molecule has 0 radical (unpaired) electrons. The van der Waals surface area contributed by atoms with Crippen LogP contribution < -0.4 is 10.5 Å². The highest BCUT2D eigenvalue weighted by Gasteiger charge is 2.20. The fraction of sp³-hybridized carbons (Fsp3) is 0.385. The molecule has 0 aliphatic rings. The van der Waals surface area contributed by atoms with Gasteiger partial charge >= 0.3 is 0 Å². The number of hydrogen-bond donors (Lipinski definition) is 2. The van der Waals surface area contributed by atoms with Gasteiger partial charge in [0.25, 0.3) is 0 Å². The quantitative estimate of drug-likeness (QED) is 0.647. The second kappa shape index (κ2) is 6.29. The van der Waals surface area contributed by atoms with Gasteiger partial charge in [0.2, 0.25) is 10.0 Å². The minimum atomic E-state index is -3.69. The van der Waals surface area contributed by atoms with Crippen molar-refractivity contribution in [3.8, 4) is 12.3 Å². The summed E-state index contributed by atoms with van der Waals surface area (Å²) in [6.45, 7) is 3.63. The molecule has 0 saturated heterocycles. The Balaban J connectivity index is 3.11. The monoisotopic (exact) mass is 300 g/mol. The number of aryl methyl sites for hydroxylation is 1. The van der Waals surface area contributed by atoms with Gasteiger partial charge in [0.05, 0.1) is 21.6 Å². The van der Waals surface area contributed by atoms with Crippen molar-refractivity contribution in [2.45, 2.75) is 37.6 Å². The lowest BCUT2D eigenvalue weighted by Gasteiger charge is -2.14. The maximum absolute atomic E-state index is 12.2. The molecule has 19 heavy (non-hydrogen) atoms. The van der Waals surface area contributed by atoms with Crippen LogP contribution in [0.4, 0.5) is 5.69 Å². The van der Waals surface area contributed by atoms with Crippen LogP contribution in [0, 0.1) is 19.3 Å². The molecule has 6 heteroatoms. The first-order chi connectivity index (χ1) is 8.81. The Bertz CT molecular complexity index is 583. The summed E-state index contributed by atoms with van der Waals surface area (Å²) in [6, 6.07) is 2.28. The Morgan fingerprint density at radius 2 is 2.16 bits per heavy atom. The highest BCUT2D eigenvalue weighted by atomic mass is 35.5. The van der Waals surface area contributed by atoms with E-state index >= 15 is 0 Å². The van der Waals surface area contributed by atoms with E-state index in [0.717, 1.165) is 6.42 Å². The van der Waals surface area contributed by atoms with E-state index in [4.69, 9.17) is 23.8 Å². The molecule has 1 aromatic carbocycles. The maximum Gasteiger partial charge on any atom is 0.241 e. The predicted molar refractivity (Wildman–Crippen MR) is 78.5 cm³/mol. The van der Waals surface area contributed by atoms with Gasteiger partial charge in [-0.25, -0.2) is 8.42 Å². The van der Waals surface area contributed by atoms with Crippen LogP contribution in [0.5, 0.6) is 0 Å². The number of rotatable bonds is 5. The fourth-order valence-electron chi connectivity index (χ4n) is 1.64. The van der Waals surface area contributed by atoms with E-state index in [1.807, 2.05) is 6.92 Å². The highest BCUT2D eigenvalue weighted by Crippen LogP contribution is 2.26. The molecule has 0 bridgehead atoms. The number of terminal acetylenes is 1. The number of hydrogen-bond acceptors (Lipinski definition) is 3. The first kappa shape index (κ1) is 15.8. The van der Waals surface area contributed by atoms with E-state index in [9.17, 15) is 8.42 Å². The van der Waals surface area contributed by atoms with Crippen molar-refractivity contribution in [3.05, 3.63) is 22.7 Å². The van der Waals surface area contributed by atoms with Crippen LogP contribution in [0.3, 0.4) is 0 Å². The average Bonchev–Trinajstić information content (AvgIpc) is 2.34. The van der Waals surface area contributed by atoms with Crippen molar-refractivity contribution in [2.75, 3.05) is 5.73 Å². The van der Waals surface area contributed by atoms with Gasteiger partial charge in [0, 0.05) is 0 Å². The van der Waals surface area contributed by atoms with Crippen LogP contribution in [-0.4, -0.2) is 14.5 Å². The Hall–Kier alpha value is -1.22. The Kier molecular flexibility index (Phi) is 5.24. The van der Waals surface area contributed by atoms with Crippen LogP contribution in [0.2, 0.25) is 5.02 Å². The maximum atomic E-state index is 12.2. The van der Waals surface area contributed by atoms with Gasteiger partial charge in [0.1, 0.15) is 0 Å². The summed E-state index contributed by atoms with van der Waals surface area (Å²) in [7, 11) is -3.69. The SMILES string of the molecule is C#CC(CCC)NS(=O)(=O)c1cc(C)c(Cl)c(N)c1. The highest BCUT2D eigenvalue weighted by molar-refractivity contribution is 7.89. The molecule has 104 valence electrons. The topological polar surface area (TPSA) is 72.2 Å². The van der Waals surface area contributed by atoms with E-state index in [1.165, 1.54) is 12.1 Å². The van der Waals surface area contributed by atoms with Gasteiger partial charge in [-0.3, -0.25) is 0 Å². The molecule has 0 amide bonds. The molecule has 0 saturated carbocycles. The number of sulfonamides is 1. The molecule has 3 N–H and O–H groups in total. The Labute approximate surface area is 119 Å². The molecule has 1 unspecified atom stereocenters. The third-order valence-electron chi connectivity index (χ3n) is 2.64. The summed E-state index contributed by atoms with van der Waals surface area (Å²) in [6.07, 6.45) is 6.68. The lowest BCUT2D eigenvalue weighted by atomic mass is 10.2. The second-order valence-electron chi connectivity index (χ2n) is 4.27. The van der Waals surface area contributed by atoms with Crippen LogP contribution >= 0.6 is 11.6 Å².